The van der Waals surface area contributed by atoms with Crippen molar-refractivity contribution in [2.24, 2.45) is 0 Å². The van der Waals surface area contributed by atoms with E-state index in [2.05, 4.69) is 5.32 Å². The van der Waals surface area contributed by atoms with Crippen LogP contribution in [0.2, 0.25) is 0 Å². The van der Waals surface area contributed by atoms with Crippen LogP contribution in [-0.4, -0.2) is 34.2 Å². The summed E-state index contributed by atoms with van der Waals surface area (Å²) in [4.78, 5) is 34.2. The van der Waals surface area contributed by atoms with E-state index in [4.69, 9.17) is 5.11 Å². The quantitative estimate of drug-likeness (QED) is 0.454. The SMILES string of the molecule is CCC[C@@H](NC(=O)c1cc(SC)ccc1[N+](=O)[O-])C(=O)O. The van der Waals surface area contributed by atoms with E-state index in [0.717, 1.165) is 0 Å². The molecule has 0 aliphatic rings. The van der Waals surface area contributed by atoms with Gasteiger partial charge in [0.1, 0.15) is 11.6 Å². The molecule has 8 heteroatoms. The topological polar surface area (TPSA) is 110 Å². The number of nitro benzene ring substituents is 1. The smallest absolute Gasteiger partial charge is 0.326 e. The van der Waals surface area contributed by atoms with Gasteiger partial charge in [-0.1, -0.05) is 13.3 Å². The van der Waals surface area contributed by atoms with E-state index in [1.54, 1.807) is 19.2 Å². The molecule has 1 amide bonds. The van der Waals surface area contributed by atoms with Crippen molar-refractivity contribution in [3.8, 4) is 0 Å². The molecular formula is C13H16N2O5S. The second-order valence-electron chi connectivity index (χ2n) is 4.29. The van der Waals surface area contributed by atoms with Crippen molar-refractivity contribution < 1.29 is 19.6 Å². The van der Waals surface area contributed by atoms with Crippen molar-refractivity contribution in [1.29, 1.82) is 0 Å². The summed E-state index contributed by atoms with van der Waals surface area (Å²) in [5.74, 6) is -1.91. The highest BCUT2D eigenvalue weighted by molar-refractivity contribution is 7.98. The number of carboxylic acids is 1. The highest BCUT2D eigenvalue weighted by atomic mass is 32.2. The highest BCUT2D eigenvalue weighted by Gasteiger charge is 2.25. The number of aliphatic carboxylic acids is 1. The van der Waals surface area contributed by atoms with Gasteiger partial charge in [0.25, 0.3) is 11.6 Å². The van der Waals surface area contributed by atoms with E-state index in [0.29, 0.717) is 11.3 Å². The molecule has 114 valence electrons. The number of rotatable bonds is 7. The van der Waals surface area contributed by atoms with Gasteiger partial charge in [-0.15, -0.1) is 11.8 Å². The Bertz CT molecular complexity index is 561. The number of nitro groups is 1. The van der Waals surface area contributed by atoms with Gasteiger partial charge in [-0.25, -0.2) is 4.79 Å². The van der Waals surface area contributed by atoms with Crippen LogP contribution in [0, 0.1) is 10.1 Å². The van der Waals surface area contributed by atoms with E-state index < -0.39 is 22.8 Å². The number of carbonyl (C=O) groups excluding carboxylic acids is 1. The summed E-state index contributed by atoms with van der Waals surface area (Å²) < 4.78 is 0. The number of nitrogens with one attached hydrogen (secondary N) is 1. The first kappa shape index (κ1) is 17.0. The normalized spacial score (nSPS) is 11.7. The van der Waals surface area contributed by atoms with Crippen LogP contribution in [0.25, 0.3) is 0 Å². The Morgan fingerprint density at radius 2 is 2.14 bits per heavy atom. The van der Waals surface area contributed by atoms with E-state index in [1.165, 1.54) is 23.9 Å². The van der Waals surface area contributed by atoms with Gasteiger partial charge in [0.05, 0.1) is 4.92 Å². The Morgan fingerprint density at radius 3 is 2.62 bits per heavy atom. The number of nitrogens with zero attached hydrogens (tertiary/aromatic N) is 1. The van der Waals surface area contributed by atoms with Crippen molar-refractivity contribution in [2.75, 3.05) is 6.26 Å². The van der Waals surface area contributed by atoms with Crippen LogP contribution >= 0.6 is 11.8 Å². The van der Waals surface area contributed by atoms with E-state index >= 15 is 0 Å². The number of hydrogen-bond donors (Lipinski definition) is 2. The minimum atomic E-state index is -1.16. The lowest BCUT2D eigenvalue weighted by Gasteiger charge is -2.13. The Hall–Kier alpha value is -2.09. The van der Waals surface area contributed by atoms with Crippen LogP contribution in [0.5, 0.6) is 0 Å². The lowest BCUT2D eigenvalue weighted by atomic mass is 10.1. The molecule has 0 spiro atoms. The maximum Gasteiger partial charge on any atom is 0.326 e. The van der Waals surface area contributed by atoms with Crippen LogP contribution < -0.4 is 5.32 Å². The second kappa shape index (κ2) is 7.63. The van der Waals surface area contributed by atoms with Crippen LogP contribution in [0.3, 0.4) is 0 Å². The molecule has 0 aromatic heterocycles. The predicted octanol–water partition coefficient (Wildman–Crippen LogP) is 2.30. The standard InChI is InChI=1S/C13H16N2O5S/c1-3-4-10(13(17)18)14-12(16)9-7-8(21-2)5-6-11(9)15(19)20/h5-7,10H,3-4H2,1-2H3,(H,14,16)(H,17,18)/t10-/m1/s1. The summed E-state index contributed by atoms with van der Waals surface area (Å²) >= 11 is 1.34. The summed E-state index contributed by atoms with van der Waals surface area (Å²) in [6.07, 6.45) is 2.61. The largest absolute Gasteiger partial charge is 0.480 e. The molecule has 0 saturated heterocycles. The maximum atomic E-state index is 12.1. The third-order valence-corrected chi connectivity index (χ3v) is 3.55. The fraction of sp³-hybridized carbons (Fsp3) is 0.385. The van der Waals surface area contributed by atoms with E-state index in [9.17, 15) is 19.7 Å². The van der Waals surface area contributed by atoms with Crippen LogP contribution in [0.4, 0.5) is 5.69 Å². The first-order valence-corrected chi connectivity index (χ1v) is 7.49. The monoisotopic (exact) mass is 312 g/mol. The molecule has 1 rings (SSSR count). The molecule has 0 heterocycles. The van der Waals surface area contributed by atoms with Crippen molar-refractivity contribution in [2.45, 2.75) is 30.7 Å². The number of amides is 1. The summed E-state index contributed by atoms with van der Waals surface area (Å²) in [5.41, 5.74) is -0.472. The molecule has 1 aromatic rings. The predicted molar refractivity (Wildman–Crippen MR) is 78.7 cm³/mol. The lowest BCUT2D eigenvalue weighted by Crippen LogP contribution is -2.40. The van der Waals surface area contributed by atoms with Crippen molar-refractivity contribution in [3.63, 3.8) is 0 Å². The third kappa shape index (κ3) is 4.45. The van der Waals surface area contributed by atoms with Gasteiger partial charge in [0.2, 0.25) is 0 Å². The first-order chi connectivity index (χ1) is 9.90. The van der Waals surface area contributed by atoms with Gasteiger partial charge in [-0.05, 0) is 24.8 Å². The summed E-state index contributed by atoms with van der Waals surface area (Å²) in [6, 6.07) is 3.12. The van der Waals surface area contributed by atoms with Crippen LogP contribution in [0.15, 0.2) is 23.1 Å². The van der Waals surface area contributed by atoms with Crippen LogP contribution in [-0.2, 0) is 4.79 Å². The number of carboxylic acid groups (broad SMARTS) is 1. The molecular weight excluding hydrogens is 296 g/mol. The van der Waals surface area contributed by atoms with Gasteiger partial charge in [0.15, 0.2) is 0 Å². The molecule has 0 radical (unpaired) electrons. The Balaban J connectivity index is 3.09. The van der Waals surface area contributed by atoms with Crippen molar-refractivity contribution in [3.05, 3.63) is 33.9 Å². The van der Waals surface area contributed by atoms with Crippen molar-refractivity contribution in [1.82, 2.24) is 5.32 Å². The number of benzene rings is 1. The molecule has 1 aromatic carbocycles. The summed E-state index contributed by atoms with van der Waals surface area (Å²) in [6.45, 7) is 1.79. The molecule has 1 atom stereocenters. The molecule has 0 aliphatic heterocycles. The zero-order valence-corrected chi connectivity index (χ0v) is 12.5. The zero-order valence-electron chi connectivity index (χ0n) is 11.7. The number of carbonyl (C=O) groups is 2. The van der Waals surface area contributed by atoms with Crippen molar-refractivity contribution >= 4 is 29.3 Å². The molecule has 0 aliphatic carbocycles. The van der Waals surface area contributed by atoms with E-state index in [1.807, 2.05) is 0 Å². The van der Waals surface area contributed by atoms with Gasteiger partial charge >= 0.3 is 5.97 Å². The van der Waals surface area contributed by atoms with E-state index in [-0.39, 0.29) is 17.7 Å². The Labute approximate surface area is 125 Å². The molecule has 0 fully saturated rings. The number of hydrogen-bond acceptors (Lipinski definition) is 5. The summed E-state index contributed by atoms with van der Waals surface area (Å²) in [5, 5.41) is 22.3. The third-order valence-electron chi connectivity index (χ3n) is 2.83. The molecule has 0 bridgehead atoms. The maximum absolute atomic E-state index is 12.1. The average molecular weight is 312 g/mol. The van der Waals surface area contributed by atoms with Crippen LogP contribution in [0.1, 0.15) is 30.1 Å². The minimum absolute atomic E-state index is 0.130. The first-order valence-electron chi connectivity index (χ1n) is 6.26. The fourth-order valence-electron chi connectivity index (χ4n) is 1.77. The van der Waals surface area contributed by atoms with Gasteiger partial charge in [-0.3, -0.25) is 14.9 Å². The molecule has 0 saturated carbocycles. The summed E-state index contributed by atoms with van der Waals surface area (Å²) in [7, 11) is 0. The van der Waals surface area contributed by atoms with Gasteiger partial charge < -0.3 is 10.4 Å². The zero-order chi connectivity index (χ0) is 16.0. The highest BCUT2D eigenvalue weighted by Crippen LogP contribution is 2.24. The fourth-order valence-corrected chi connectivity index (χ4v) is 2.21. The average Bonchev–Trinajstić information content (AvgIpc) is 2.45. The molecule has 0 unspecified atom stereocenters. The minimum Gasteiger partial charge on any atom is -0.480 e. The molecule has 7 nitrogen and oxygen atoms in total. The van der Waals surface area contributed by atoms with Gasteiger partial charge in [0, 0.05) is 11.0 Å². The second-order valence-corrected chi connectivity index (χ2v) is 5.17. The molecule has 21 heavy (non-hydrogen) atoms. The molecule has 2 N–H and O–H groups in total. The van der Waals surface area contributed by atoms with Gasteiger partial charge in [-0.2, -0.15) is 0 Å². The Kier molecular flexibility index (Phi) is 6.16. The lowest BCUT2D eigenvalue weighted by molar-refractivity contribution is -0.385. The Morgan fingerprint density at radius 1 is 1.48 bits per heavy atom. The number of thioether (sulfide) groups is 1.